The molecule has 0 heteroatoms. The molecule has 0 unspecified atom stereocenters. The van der Waals surface area contributed by atoms with Gasteiger partial charge in [0.25, 0.3) is 0 Å². The van der Waals surface area contributed by atoms with E-state index in [1.165, 1.54) is 109 Å². The highest BCUT2D eigenvalue weighted by Gasteiger charge is 2.21. The standard InChI is InChI=1S/C46H62/c1-9-17-21-39-40(22-18-10-2)42(24-20-12-4)46-30-34-26-32-28-44-38(16-8)36(14-6)35(13-5)37(15-7)43(44)27-31(32)25-33(34)29-45(46)41(39)23-19-11-3/h25-30H,9-24H2,1-8H3. The summed E-state index contributed by atoms with van der Waals surface area (Å²) in [7, 11) is 0. The summed E-state index contributed by atoms with van der Waals surface area (Å²) in [6.45, 7) is 18.9. The Kier molecular flexibility index (Phi) is 11.9. The van der Waals surface area contributed by atoms with Crippen molar-refractivity contribution in [2.45, 2.75) is 158 Å². The minimum Gasteiger partial charge on any atom is -0.0654 e. The van der Waals surface area contributed by atoms with Gasteiger partial charge in [0.2, 0.25) is 0 Å². The number of unbranched alkanes of at least 4 members (excludes halogenated alkanes) is 4. The van der Waals surface area contributed by atoms with E-state index in [0.29, 0.717) is 0 Å². The monoisotopic (exact) mass is 614 g/mol. The molecule has 0 aliphatic carbocycles. The number of aryl methyl sites for hydroxylation is 4. The fourth-order valence-electron chi connectivity index (χ4n) is 8.73. The third-order valence-corrected chi connectivity index (χ3v) is 11.1. The Morgan fingerprint density at radius 1 is 0.283 bits per heavy atom. The molecule has 0 aliphatic heterocycles. The van der Waals surface area contributed by atoms with Gasteiger partial charge in [-0.2, -0.15) is 0 Å². The second kappa shape index (κ2) is 15.8. The summed E-state index contributed by atoms with van der Waals surface area (Å²) in [5.41, 5.74) is 13.2. The highest BCUT2D eigenvalue weighted by atomic mass is 14.2. The number of fused-ring (bicyclic) bond motifs is 4. The molecule has 0 heterocycles. The highest BCUT2D eigenvalue weighted by Crippen LogP contribution is 2.40. The molecule has 46 heavy (non-hydrogen) atoms. The molecule has 0 saturated heterocycles. The van der Waals surface area contributed by atoms with Crippen LogP contribution in [0.15, 0.2) is 36.4 Å². The molecular formula is C46H62. The topological polar surface area (TPSA) is 0 Å². The van der Waals surface area contributed by atoms with Crippen LogP contribution in [0.2, 0.25) is 0 Å². The van der Waals surface area contributed by atoms with E-state index in [1.807, 2.05) is 0 Å². The zero-order chi connectivity index (χ0) is 32.8. The van der Waals surface area contributed by atoms with E-state index < -0.39 is 0 Å². The number of hydrogen-bond donors (Lipinski definition) is 0. The van der Waals surface area contributed by atoms with Crippen molar-refractivity contribution >= 4 is 43.1 Å². The summed E-state index contributed by atoms with van der Waals surface area (Å²) < 4.78 is 0. The fraction of sp³-hybridized carbons (Fsp3) is 0.522. The molecule has 0 aromatic heterocycles. The lowest BCUT2D eigenvalue weighted by atomic mass is 9.80. The van der Waals surface area contributed by atoms with Crippen molar-refractivity contribution in [1.82, 2.24) is 0 Å². The molecule has 0 saturated carbocycles. The molecular weight excluding hydrogens is 553 g/mol. The normalized spacial score (nSPS) is 12.0. The minimum absolute atomic E-state index is 1.10. The smallest absolute Gasteiger partial charge is 0.0140 e. The van der Waals surface area contributed by atoms with E-state index >= 15 is 0 Å². The average molecular weight is 615 g/mol. The summed E-state index contributed by atoms with van der Waals surface area (Å²) >= 11 is 0. The van der Waals surface area contributed by atoms with Crippen LogP contribution in [-0.2, 0) is 51.4 Å². The van der Waals surface area contributed by atoms with Crippen molar-refractivity contribution in [3.8, 4) is 0 Å². The molecule has 5 aromatic carbocycles. The van der Waals surface area contributed by atoms with Gasteiger partial charge in [-0.05, 0) is 201 Å². The van der Waals surface area contributed by atoms with Crippen molar-refractivity contribution in [3.63, 3.8) is 0 Å². The van der Waals surface area contributed by atoms with E-state index in [2.05, 4.69) is 91.8 Å². The third kappa shape index (κ3) is 6.48. The zero-order valence-electron chi connectivity index (χ0n) is 30.8. The lowest BCUT2D eigenvalue weighted by molar-refractivity contribution is 0.724. The van der Waals surface area contributed by atoms with Gasteiger partial charge >= 0.3 is 0 Å². The predicted octanol–water partition coefficient (Wildman–Crippen LogP) is 13.9. The lowest BCUT2D eigenvalue weighted by Crippen LogP contribution is -2.08. The minimum atomic E-state index is 1.10. The largest absolute Gasteiger partial charge is 0.0654 e. The Balaban J connectivity index is 1.88. The van der Waals surface area contributed by atoms with Gasteiger partial charge in [0, 0.05) is 0 Å². The van der Waals surface area contributed by atoms with Crippen LogP contribution in [0.4, 0.5) is 0 Å². The molecule has 5 rings (SSSR count). The predicted molar refractivity (Wildman–Crippen MR) is 208 cm³/mol. The molecule has 0 aliphatic rings. The van der Waals surface area contributed by atoms with Crippen LogP contribution < -0.4 is 0 Å². The number of rotatable bonds is 16. The summed E-state index contributed by atoms with van der Waals surface area (Å²) in [6, 6.07) is 15.4. The maximum absolute atomic E-state index is 2.61. The maximum Gasteiger partial charge on any atom is -0.0140 e. The van der Waals surface area contributed by atoms with Crippen molar-refractivity contribution in [2.75, 3.05) is 0 Å². The van der Waals surface area contributed by atoms with Gasteiger partial charge in [-0.25, -0.2) is 0 Å². The molecule has 0 nitrogen and oxygen atoms in total. The van der Waals surface area contributed by atoms with Crippen molar-refractivity contribution in [1.29, 1.82) is 0 Å². The van der Waals surface area contributed by atoms with Gasteiger partial charge in [0.1, 0.15) is 0 Å². The van der Waals surface area contributed by atoms with E-state index in [9.17, 15) is 0 Å². The molecule has 0 fully saturated rings. The molecule has 5 aromatic rings. The average Bonchev–Trinajstić information content (AvgIpc) is 3.07. The third-order valence-electron chi connectivity index (χ3n) is 11.1. The van der Waals surface area contributed by atoms with Crippen molar-refractivity contribution < 1.29 is 0 Å². The molecule has 0 spiro atoms. The lowest BCUT2D eigenvalue weighted by Gasteiger charge is -2.24. The summed E-state index contributed by atoms with van der Waals surface area (Å²) in [6.07, 6.45) is 19.5. The van der Waals surface area contributed by atoms with Crippen LogP contribution in [0, 0.1) is 0 Å². The molecule has 0 bridgehead atoms. The molecule has 0 radical (unpaired) electrons. The Bertz CT molecular complexity index is 1680. The highest BCUT2D eigenvalue weighted by molar-refractivity contribution is 6.10. The molecule has 246 valence electrons. The van der Waals surface area contributed by atoms with E-state index in [-0.39, 0.29) is 0 Å². The van der Waals surface area contributed by atoms with E-state index in [4.69, 9.17) is 0 Å². The van der Waals surface area contributed by atoms with Crippen LogP contribution in [0.5, 0.6) is 0 Å². The Hall–Kier alpha value is -2.86. The Morgan fingerprint density at radius 3 is 0.804 bits per heavy atom. The summed E-state index contributed by atoms with van der Waals surface area (Å²) in [5.74, 6) is 0. The summed E-state index contributed by atoms with van der Waals surface area (Å²) in [4.78, 5) is 0. The maximum atomic E-state index is 2.61. The van der Waals surface area contributed by atoms with Gasteiger partial charge in [-0.1, -0.05) is 81.1 Å². The SMILES string of the molecule is CCCCc1c(CCCC)c(CCCC)c2cc3cc4cc5c(CC)c(CC)c(CC)c(CC)c5cc4cc3cc2c1CCCC. The number of benzene rings is 5. The van der Waals surface area contributed by atoms with Gasteiger partial charge in [0.05, 0.1) is 0 Å². The van der Waals surface area contributed by atoms with Gasteiger partial charge in [0.15, 0.2) is 0 Å². The number of hydrogen-bond acceptors (Lipinski definition) is 0. The van der Waals surface area contributed by atoms with Gasteiger partial charge < -0.3 is 0 Å². The first-order valence-corrected chi connectivity index (χ1v) is 19.4. The van der Waals surface area contributed by atoms with Crippen LogP contribution in [-0.4, -0.2) is 0 Å². The van der Waals surface area contributed by atoms with Crippen LogP contribution in [0.3, 0.4) is 0 Å². The van der Waals surface area contributed by atoms with Gasteiger partial charge in [-0.15, -0.1) is 0 Å². The first kappa shape index (κ1) is 34.5. The van der Waals surface area contributed by atoms with Crippen molar-refractivity contribution in [3.05, 3.63) is 80.9 Å². The first-order valence-electron chi connectivity index (χ1n) is 19.4. The van der Waals surface area contributed by atoms with Gasteiger partial charge in [-0.3, -0.25) is 0 Å². The second-order valence-electron chi connectivity index (χ2n) is 14.0. The Morgan fingerprint density at radius 2 is 0.543 bits per heavy atom. The van der Waals surface area contributed by atoms with Crippen LogP contribution in [0.1, 0.15) is 151 Å². The summed E-state index contributed by atoms with van der Waals surface area (Å²) in [5, 5.41) is 11.7. The first-order chi connectivity index (χ1) is 22.5. The van der Waals surface area contributed by atoms with Crippen LogP contribution >= 0.6 is 0 Å². The quantitative estimate of drug-likeness (QED) is 0.0970. The Labute approximate surface area is 281 Å². The second-order valence-corrected chi connectivity index (χ2v) is 14.0. The van der Waals surface area contributed by atoms with Crippen molar-refractivity contribution in [2.24, 2.45) is 0 Å². The van der Waals surface area contributed by atoms with E-state index in [0.717, 1.165) is 25.7 Å². The molecule has 0 amide bonds. The zero-order valence-corrected chi connectivity index (χ0v) is 30.8. The molecule has 0 atom stereocenters. The molecule has 0 N–H and O–H groups in total. The van der Waals surface area contributed by atoms with Crippen LogP contribution in [0.25, 0.3) is 43.1 Å². The van der Waals surface area contributed by atoms with E-state index in [1.54, 1.807) is 55.3 Å². The fourth-order valence-corrected chi connectivity index (χ4v) is 8.73.